The van der Waals surface area contributed by atoms with Gasteiger partial charge in [-0.25, -0.2) is 4.79 Å². The second kappa shape index (κ2) is 8.81. The van der Waals surface area contributed by atoms with Crippen molar-refractivity contribution in [2.45, 2.75) is 51.3 Å². The summed E-state index contributed by atoms with van der Waals surface area (Å²) in [6.07, 6.45) is -1.55. The van der Waals surface area contributed by atoms with Gasteiger partial charge in [-0.1, -0.05) is 18.2 Å². The third-order valence-corrected chi connectivity index (χ3v) is 6.01. The molecule has 1 aliphatic rings. The Hall–Kier alpha value is -3.29. The van der Waals surface area contributed by atoms with Crippen LogP contribution in [0.3, 0.4) is 0 Å². The third-order valence-electron chi connectivity index (χ3n) is 6.01. The lowest BCUT2D eigenvalue weighted by Crippen LogP contribution is -2.41. The summed E-state index contributed by atoms with van der Waals surface area (Å²) in [6, 6.07) is 11.8. The van der Waals surface area contributed by atoms with Gasteiger partial charge in [-0.3, -0.25) is 9.36 Å². The lowest BCUT2D eigenvalue weighted by Gasteiger charge is -2.33. The molecule has 34 heavy (non-hydrogen) atoms. The lowest BCUT2D eigenvalue weighted by molar-refractivity contribution is -0.137. The number of benzene rings is 2. The molecule has 0 spiro atoms. The van der Waals surface area contributed by atoms with Gasteiger partial charge in [0.1, 0.15) is 5.60 Å². The molecule has 3 aromatic rings. The molecule has 1 aliphatic heterocycles. The molecule has 1 amide bonds. The fraction of sp³-hybridized carbons (Fsp3) is 0.385. The van der Waals surface area contributed by atoms with Crippen molar-refractivity contribution in [3.63, 3.8) is 0 Å². The molecule has 0 saturated carbocycles. The van der Waals surface area contributed by atoms with Gasteiger partial charge in [-0.05, 0) is 75.4 Å². The van der Waals surface area contributed by atoms with Crippen LogP contribution in [-0.2, 0) is 10.9 Å². The first-order chi connectivity index (χ1) is 15.9. The van der Waals surface area contributed by atoms with E-state index < -0.39 is 17.3 Å². The van der Waals surface area contributed by atoms with Gasteiger partial charge in [0.2, 0.25) is 0 Å². The van der Waals surface area contributed by atoms with Gasteiger partial charge >= 0.3 is 12.3 Å². The number of rotatable bonds is 2. The number of fused-ring (bicyclic) bond motifs is 1. The summed E-state index contributed by atoms with van der Waals surface area (Å²) in [4.78, 5) is 27.3. The predicted octanol–water partition coefficient (Wildman–Crippen LogP) is 6.46. The Morgan fingerprint density at radius 1 is 0.941 bits per heavy atom. The van der Waals surface area contributed by atoms with Crippen molar-refractivity contribution in [2.75, 3.05) is 13.1 Å². The van der Waals surface area contributed by atoms with Crippen LogP contribution in [0.25, 0.3) is 10.9 Å². The minimum Gasteiger partial charge on any atom is -0.444 e. The quantitative estimate of drug-likeness (QED) is 0.430. The topological polar surface area (TPSA) is 51.5 Å². The highest BCUT2D eigenvalue weighted by Gasteiger charge is 2.31. The third kappa shape index (κ3) is 4.95. The number of carbonyl (C=O) groups excluding carboxylic acids is 2. The van der Waals surface area contributed by atoms with E-state index in [0.717, 1.165) is 35.9 Å². The highest BCUT2D eigenvalue weighted by atomic mass is 19.4. The molecule has 0 N–H and O–H groups in total. The van der Waals surface area contributed by atoms with E-state index in [2.05, 4.69) is 0 Å². The number of hydrogen-bond acceptors (Lipinski definition) is 3. The molecule has 1 aromatic heterocycles. The van der Waals surface area contributed by atoms with Crippen LogP contribution in [0.1, 0.15) is 61.0 Å². The Morgan fingerprint density at radius 3 is 2.15 bits per heavy atom. The number of aromatic nitrogens is 1. The Bertz CT molecular complexity index is 1200. The summed E-state index contributed by atoms with van der Waals surface area (Å²) >= 11 is 0. The first-order valence-electron chi connectivity index (χ1n) is 11.2. The van der Waals surface area contributed by atoms with Crippen molar-refractivity contribution in [3.05, 3.63) is 71.4 Å². The highest BCUT2D eigenvalue weighted by Crippen LogP contribution is 2.35. The summed E-state index contributed by atoms with van der Waals surface area (Å²) in [5, 5.41) is 0.929. The Morgan fingerprint density at radius 2 is 1.56 bits per heavy atom. The monoisotopic (exact) mass is 472 g/mol. The number of amides is 1. The molecule has 5 nitrogen and oxygen atoms in total. The normalized spacial score (nSPS) is 15.5. The number of hydrogen-bond donors (Lipinski definition) is 0. The molecule has 180 valence electrons. The zero-order chi connectivity index (χ0) is 24.7. The second-order valence-electron chi connectivity index (χ2n) is 9.59. The minimum absolute atomic E-state index is 0.144. The van der Waals surface area contributed by atoms with Gasteiger partial charge in [0.15, 0.2) is 0 Å². The molecule has 8 heteroatoms. The summed E-state index contributed by atoms with van der Waals surface area (Å²) < 4.78 is 45.7. The Balaban J connectivity index is 1.57. The number of para-hydroxylation sites is 1. The zero-order valence-electron chi connectivity index (χ0n) is 19.4. The van der Waals surface area contributed by atoms with Crippen LogP contribution in [0.4, 0.5) is 18.0 Å². The van der Waals surface area contributed by atoms with E-state index in [4.69, 9.17) is 4.74 Å². The standard InChI is InChI=1S/C26H27F3N2O3/c1-25(2,3)34-24(33)30-14-12-17(13-15-30)21-16-31(22-7-5-4-6-20(21)22)23(32)18-8-10-19(11-9-18)26(27,28)29/h4-11,16-17H,12-15H2,1-3H3. The summed E-state index contributed by atoms with van der Waals surface area (Å²) in [6.45, 7) is 6.60. The van der Waals surface area contributed by atoms with E-state index in [9.17, 15) is 22.8 Å². The molecule has 0 aliphatic carbocycles. The molecule has 0 unspecified atom stereocenters. The second-order valence-corrected chi connectivity index (χ2v) is 9.59. The molecule has 2 aromatic carbocycles. The lowest BCUT2D eigenvalue weighted by atomic mass is 9.89. The van der Waals surface area contributed by atoms with E-state index in [1.54, 1.807) is 11.1 Å². The number of piperidine rings is 1. The van der Waals surface area contributed by atoms with Crippen LogP contribution in [0.15, 0.2) is 54.7 Å². The van der Waals surface area contributed by atoms with Gasteiger partial charge in [-0.15, -0.1) is 0 Å². The zero-order valence-corrected chi connectivity index (χ0v) is 19.4. The van der Waals surface area contributed by atoms with E-state index in [-0.39, 0.29) is 23.5 Å². The van der Waals surface area contributed by atoms with Crippen LogP contribution in [-0.4, -0.2) is 40.2 Å². The predicted molar refractivity (Wildman–Crippen MR) is 123 cm³/mol. The molecule has 2 heterocycles. The Labute approximate surface area is 196 Å². The van der Waals surface area contributed by atoms with Gasteiger partial charge in [-0.2, -0.15) is 13.2 Å². The van der Waals surface area contributed by atoms with Gasteiger partial charge in [0.25, 0.3) is 5.91 Å². The van der Waals surface area contributed by atoms with Crippen molar-refractivity contribution in [3.8, 4) is 0 Å². The molecule has 0 atom stereocenters. The smallest absolute Gasteiger partial charge is 0.416 e. The van der Waals surface area contributed by atoms with E-state index in [1.165, 1.54) is 16.7 Å². The highest BCUT2D eigenvalue weighted by molar-refractivity contribution is 6.03. The summed E-state index contributed by atoms with van der Waals surface area (Å²) in [7, 11) is 0. The molecule has 0 radical (unpaired) electrons. The summed E-state index contributed by atoms with van der Waals surface area (Å²) in [5.74, 6) is -0.243. The molecule has 0 bridgehead atoms. The van der Waals surface area contributed by atoms with Gasteiger partial charge < -0.3 is 9.64 Å². The summed E-state index contributed by atoms with van der Waals surface area (Å²) in [5.41, 5.74) is 0.538. The number of halogens is 3. The van der Waals surface area contributed by atoms with Gasteiger partial charge in [0, 0.05) is 30.2 Å². The van der Waals surface area contributed by atoms with Gasteiger partial charge in [0.05, 0.1) is 11.1 Å². The fourth-order valence-electron chi connectivity index (χ4n) is 4.34. The average Bonchev–Trinajstić information content (AvgIpc) is 3.17. The van der Waals surface area contributed by atoms with Crippen molar-refractivity contribution in [1.29, 1.82) is 0 Å². The number of ether oxygens (including phenoxy) is 1. The van der Waals surface area contributed by atoms with Crippen LogP contribution >= 0.6 is 0 Å². The first kappa shape index (κ1) is 23.9. The van der Waals surface area contributed by atoms with E-state index in [1.807, 2.05) is 45.0 Å². The van der Waals surface area contributed by atoms with Crippen LogP contribution in [0, 0.1) is 0 Å². The number of nitrogens with zero attached hydrogens (tertiary/aromatic N) is 2. The maximum atomic E-state index is 13.2. The molecular weight excluding hydrogens is 445 g/mol. The van der Waals surface area contributed by atoms with Crippen molar-refractivity contribution >= 4 is 22.9 Å². The van der Waals surface area contributed by atoms with Crippen molar-refractivity contribution < 1.29 is 27.5 Å². The minimum atomic E-state index is -4.46. The van der Waals surface area contributed by atoms with Crippen LogP contribution in [0.2, 0.25) is 0 Å². The molecule has 1 fully saturated rings. The SMILES string of the molecule is CC(C)(C)OC(=O)N1CCC(c2cn(C(=O)c3ccc(C(F)(F)F)cc3)c3ccccc23)CC1. The first-order valence-corrected chi connectivity index (χ1v) is 11.2. The largest absolute Gasteiger partial charge is 0.444 e. The maximum absolute atomic E-state index is 13.2. The van der Waals surface area contributed by atoms with Crippen LogP contribution < -0.4 is 0 Å². The van der Waals surface area contributed by atoms with E-state index >= 15 is 0 Å². The number of carbonyl (C=O) groups is 2. The van der Waals surface area contributed by atoms with Crippen LogP contribution in [0.5, 0.6) is 0 Å². The molecule has 4 rings (SSSR count). The molecular formula is C26H27F3N2O3. The molecule has 1 saturated heterocycles. The Kier molecular flexibility index (Phi) is 6.18. The number of alkyl halides is 3. The van der Waals surface area contributed by atoms with E-state index in [0.29, 0.717) is 18.6 Å². The fourth-order valence-corrected chi connectivity index (χ4v) is 4.34. The van der Waals surface area contributed by atoms with Crippen molar-refractivity contribution in [1.82, 2.24) is 9.47 Å². The number of likely N-dealkylation sites (tertiary alicyclic amines) is 1. The van der Waals surface area contributed by atoms with Crippen molar-refractivity contribution in [2.24, 2.45) is 0 Å². The average molecular weight is 473 g/mol. The maximum Gasteiger partial charge on any atom is 0.416 e.